The fourth-order valence-corrected chi connectivity index (χ4v) is 3.74. The second-order valence-electron chi connectivity index (χ2n) is 7.24. The highest BCUT2D eigenvalue weighted by atomic mass is 35.5. The van der Waals surface area contributed by atoms with E-state index < -0.39 is 11.7 Å². The van der Waals surface area contributed by atoms with Crippen LogP contribution in [0.1, 0.15) is 21.7 Å². The molecule has 1 aliphatic rings. The number of hydrogen-bond acceptors (Lipinski definition) is 4. The van der Waals surface area contributed by atoms with Crippen molar-refractivity contribution < 1.29 is 22.4 Å². The number of rotatable bonds is 3. The third-order valence-corrected chi connectivity index (χ3v) is 5.49. The first-order valence-electron chi connectivity index (χ1n) is 9.67. The Morgan fingerprint density at radius 2 is 1.77 bits per heavy atom. The second kappa shape index (κ2) is 8.26. The first kappa shape index (κ1) is 21.2. The molecule has 3 aromatic rings. The lowest BCUT2D eigenvalue weighted by Gasteiger charge is -2.36. The van der Waals surface area contributed by atoms with E-state index >= 15 is 0 Å². The molecule has 3 heterocycles. The summed E-state index contributed by atoms with van der Waals surface area (Å²) in [4.78, 5) is 20.1. The summed E-state index contributed by atoms with van der Waals surface area (Å²) in [5.74, 6) is 0.728. The van der Waals surface area contributed by atoms with Crippen LogP contribution >= 0.6 is 11.6 Å². The number of piperazine rings is 1. The van der Waals surface area contributed by atoms with Crippen LogP contribution in [-0.2, 0) is 6.18 Å². The zero-order valence-corrected chi connectivity index (χ0v) is 17.4. The van der Waals surface area contributed by atoms with E-state index in [-0.39, 0.29) is 37.9 Å². The number of pyridine rings is 1. The topological polar surface area (TPSA) is 49.6 Å². The van der Waals surface area contributed by atoms with Crippen molar-refractivity contribution in [3.63, 3.8) is 0 Å². The molecule has 0 bridgehead atoms. The summed E-state index contributed by atoms with van der Waals surface area (Å²) in [7, 11) is 0. The molecule has 0 aliphatic carbocycles. The number of carbonyl (C=O) groups excluding carboxylic acids is 1. The van der Waals surface area contributed by atoms with Gasteiger partial charge in [-0.05, 0) is 49.4 Å². The number of amides is 1. The average Bonchev–Trinajstić information content (AvgIpc) is 3.15. The first-order valence-corrected chi connectivity index (χ1v) is 10.0. The maximum atomic E-state index is 13.3. The zero-order valence-electron chi connectivity index (χ0n) is 16.6. The summed E-state index contributed by atoms with van der Waals surface area (Å²) < 4.78 is 45.6. The molecule has 31 heavy (non-hydrogen) atoms. The molecule has 0 saturated carbocycles. The molecule has 4 rings (SSSR count). The molecule has 1 saturated heterocycles. The largest absolute Gasteiger partial charge is 0.461 e. The van der Waals surface area contributed by atoms with Gasteiger partial charge in [0.05, 0.1) is 11.1 Å². The lowest BCUT2D eigenvalue weighted by atomic mass is 10.1. The quantitative estimate of drug-likeness (QED) is 0.545. The Morgan fingerprint density at radius 1 is 1.10 bits per heavy atom. The summed E-state index contributed by atoms with van der Waals surface area (Å²) >= 11 is 5.92. The Kier molecular flexibility index (Phi) is 5.66. The minimum absolute atomic E-state index is 0.105. The number of furan rings is 1. The van der Waals surface area contributed by atoms with Crippen molar-refractivity contribution in [3.05, 3.63) is 70.6 Å². The molecule has 162 valence electrons. The third kappa shape index (κ3) is 4.39. The summed E-state index contributed by atoms with van der Waals surface area (Å²) in [5, 5.41) is 0.600. The minimum atomic E-state index is -4.48. The van der Waals surface area contributed by atoms with E-state index in [1.807, 2.05) is 0 Å². The van der Waals surface area contributed by atoms with Crippen LogP contribution in [0, 0.1) is 6.92 Å². The highest BCUT2D eigenvalue weighted by Gasteiger charge is 2.36. The molecule has 5 nitrogen and oxygen atoms in total. The van der Waals surface area contributed by atoms with Gasteiger partial charge >= 0.3 is 6.18 Å². The maximum absolute atomic E-state index is 13.3. The van der Waals surface area contributed by atoms with Gasteiger partial charge in [0.15, 0.2) is 0 Å². The van der Waals surface area contributed by atoms with Gasteiger partial charge in [-0.3, -0.25) is 4.79 Å². The number of nitrogens with zero attached hydrogens (tertiary/aromatic N) is 3. The standard InChI is InChI=1S/C22H19ClF3N3O2/c1-14-17(13-19(31-14)15-4-6-16(23)7-5-15)21(30)29-11-9-28(10-12-29)20-18(22(24,25)26)3-2-8-27-20/h2-8,13H,9-12H2,1H3. The number of benzene rings is 1. The van der Waals surface area contributed by atoms with Gasteiger partial charge < -0.3 is 14.2 Å². The molecule has 1 amide bonds. The van der Waals surface area contributed by atoms with Crippen molar-refractivity contribution in [2.75, 3.05) is 31.1 Å². The highest BCUT2D eigenvalue weighted by Crippen LogP contribution is 2.35. The van der Waals surface area contributed by atoms with Crippen molar-refractivity contribution in [1.82, 2.24) is 9.88 Å². The van der Waals surface area contributed by atoms with Gasteiger partial charge in [0, 0.05) is 43.0 Å². The number of halogens is 4. The predicted molar refractivity (Wildman–Crippen MR) is 111 cm³/mol. The van der Waals surface area contributed by atoms with Crippen LogP contribution in [-0.4, -0.2) is 42.0 Å². The highest BCUT2D eigenvalue weighted by molar-refractivity contribution is 6.30. The molecule has 9 heteroatoms. The van der Waals surface area contributed by atoms with Gasteiger partial charge in [-0.25, -0.2) is 4.98 Å². The maximum Gasteiger partial charge on any atom is 0.419 e. The van der Waals surface area contributed by atoms with Crippen LogP contribution in [0.25, 0.3) is 11.3 Å². The molecule has 1 aromatic carbocycles. The summed E-state index contributed by atoms with van der Waals surface area (Å²) in [6.45, 7) is 2.80. The van der Waals surface area contributed by atoms with Crippen molar-refractivity contribution in [1.29, 1.82) is 0 Å². The molecule has 0 unspecified atom stereocenters. The molecule has 0 atom stereocenters. The van der Waals surface area contributed by atoms with E-state index in [1.165, 1.54) is 12.3 Å². The number of anilines is 1. The zero-order chi connectivity index (χ0) is 22.2. The van der Waals surface area contributed by atoms with Crippen molar-refractivity contribution >= 4 is 23.3 Å². The van der Waals surface area contributed by atoms with Crippen LogP contribution in [0.15, 0.2) is 53.1 Å². The Morgan fingerprint density at radius 3 is 2.42 bits per heavy atom. The van der Waals surface area contributed by atoms with Gasteiger partial charge in [0.2, 0.25) is 0 Å². The third-order valence-electron chi connectivity index (χ3n) is 5.24. The van der Waals surface area contributed by atoms with E-state index in [9.17, 15) is 18.0 Å². The van der Waals surface area contributed by atoms with E-state index in [0.29, 0.717) is 22.1 Å². The summed E-state index contributed by atoms with van der Waals surface area (Å²) in [6.07, 6.45) is -3.14. The van der Waals surface area contributed by atoms with Gasteiger partial charge in [-0.1, -0.05) is 11.6 Å². The summed E-state index contributed by atoms with van der Waals surface area (Å²) in [5.41, 5.74) is 0.464. The molecule has 2 aromatic heterocycles. The fourth-order valence-electron chi connectivity index (χ4n) is 3.61. The number of aryl methyl sites for hydroxylation is 1. The monoisotopic (exact) mass is 449 g/mol. The van der Waals surface area contributed by atoms with Crippen molar-refractivity contribution in [2.24, 2.45) is 0 Å². The molecule has 1 fully saturated rings. The SMILES string of the molecule is Cc1oc(-c2ccc(Cl)cc2)cc1C(=O)N1CCN(c2ncccc2C(F)(F)F)CC1. The molecule has 0 spiro atoms. The van der Waals surface area contributed by atoms with Crippen LogP contribution in [0.4, 0.5) is 19.0 Å². The van der Waals surface area contributed by atoms with Gasteiger partial charge in [0.1, 0.15) is 17.3 Å². The Labute approximate surface area is 182 Å². The van der Waals surface area contributed by atoms with Crippen LogP contribution in [0.3, 0.4) is 0 Å². The average molecular weight is 450 g/mol. The van der Waals surface area contributed by atoms with Crippen molar-refractivity contribution in [2.45, 2.75) is 13.1 Å². The molecule has 0 N–H and O–H groups in total. The van der Waals surface area contributed by atoms with E-state index in [2.05, 4.69) is 4.98 Å². The second-order valence-corrected chi connectivity index (χ2v) is 7.68. The fraction of sp³-hybridized carbons (Fsp3) is 0.273. The Hall–Kier alpha value is -3.00. The van der Waals surface area contributed by atoms with Crippen LogP contribution in [0.2, 0.25) is 5.02 Å². The normalized spacial score (nSPS) is 14.7. The number of hydrogen-bond donors (Lipinski definition) is 0. The molecule has 0 radical (unpaired) electrons. The first-order chi connectivity index (χ1) is 14.7. The molecular formula is C22H19ClF3N3O2. The van der Waals surface area contributed by atoms with Crippen LogP contribution < -0.4 is 4.90 Å². The van der Waals surface area contributed by atoms with Gasteiger partial charge in [-0.2, -0.15) is 13.2 Å². The predicted octanol–water partition coefficient (Wildman–Crippen LogP) is 5.28. The smallest absolute Gasteiger partial charge is 0.419 e. The number of alkyl halides is 3. The lowest BCUT2D eigenvalue weighted by molar-refractivity contribution is -0.137. The number of carbonyl (C=O) groups is 1. The van der Waals surface area contributed by atoms with Gasteiger partial charge in [0.25, 0.3) is 5.91 Å². The van der Waals surface area contributed by atoms with E-state index in [4.69, 9.17) is 16.0 Å². The Bertz CT molecular complexity index is 1090. The van der Waals surface area contributed by atoms with Gasteiger partial charge in [-0.15, -0.1) is 0 Å². The van der Waals surface area contributed by atoms with E-state index in [0.717, 1.165) is 11.6 Å². The van der Waals surface area contributed by atoms with E-state index in [1.54, 1.807) is 47.1 Å². The Balaban J connectivity index is 1.48. The summed E-state index contributed by atoms with van der Waals surface area (Å²) in [6, 6.07) is 11.1. The van der Waals surface area contributed by atoms with Crippen LogP contribution in [0.5, 0.6) is 0 Å². The number of aromatic nitrogens is 1. The molecular weight excluding hydrogens is 431 g/mol. The van der Waals surface area contributed by atoms with Crippen molar-refractivity contribution in [3.8, 4) is 11.3 Å². The molecule has 1 aliphatic heterocycles. The minimum Gasteiger partial charge on any atom is -0.461 e. The lowest BCUT2D eigenvalue weighted by Crippen LogP contribution is -2.49.